The van der Waals surface area contributed by atoms with Crippen LogP contribution in [-0.2, 0) is 4.74 Å². The van der Waals surface area contributed by atoms with Gasteiger partial charge in [0.05, 0.1) is 6.61 Å². The molecule has 1 N–H and O–H groups in total. The Hall–Kier alpha value is -1.66. The molecule has 1 aliphatic rings. The van der Waals surface area contributed by atoms with Crippen molar-refractivity contribution in [2.24, 2.45) is 0 Å². The first-order valence-corrected chi connectivity index (χ1v) is 8.30. The quantitative estimate of drug-likeness (QED) is 0.739. The normalized spacial score (nSPS) is 16.8. The van der Waals surface area contributed by atoms with Gasteiger partial charge in [-0.3, -0.25) is 4.79 Å². The van der Waals surface area contributed by atoms with Crippen LogP contribution in [0.2, 0.25) is 0 Å². The molecule has 2 heterocycles. The maximum Gasteiger partial charge on any atom is 0.257 e. The van der Waals surface area contributed by atoms with Crippen molar-refractivity contribution in [1.29, 1.82) is 0 Å². The summed E-state index contributed by atoms with van der Waals surface area (Å²) in [6.45, 7) is 6.00. The van der Waals surface area contributed by atoms with Gasteiger partial charge in [-0.25, -0.2) is 4.98 Å². The van der Waals surface area contributed by atoms with Crippen LogP contribution in [-0.4, -0.2) is 61.8 Å². The standard InChI is InChI=1S/C17H27N3O3/c1-14(13-20-9-4-3-5-10-20)19-16(21)15-7-6-8-18-17(15)23-12-11-22-2/h6-8,14H,3-5,9-13H2,1-2H3,(H,19,21). The highest BCUT2D eigenvalue weighted by Crippen LogP contribution is 2.15. The van der Waals surface area contributed by atoms with Gasteiger partial charge in [-0.15, -0.1) is 0 Å². The molecule has 0 aromatic carbocycles. The summed E-state index contributed by atoms with van der Waals surface area (Å²) in [6.07, 6.45) is 5.44. The van der Waals surface area contributed by atoms with Crippen molar-refractivity contribution in [3.8, 4) is 5.88 Å². The van der Waals surface area contributed by atoms with E-state index in [1.54, 1.807) is 25.4 Å². The Morgan fingerprint density at radius 3 is 2.87 bits per heavy atom. The lowest BCUT2D eigenvalue weighted by Crippen LogP contribution is -2.43. The van der Waals surface area contributed by atoms with Crippen LogP contribution in [0.1, 0.15) is 36.5 Å². The number of nitrogens with zero attached hydrogens (tertiary/aromatic N) is 2. The number of pyridine rings is 1. The van der Waals surface area contributed by atoms with Gasteiger partial charge in [-0.05, 0) is 45.0 Å². The van der Waals surface area contributed by atoms with E-state index in [1.807, 2.05) is 6.92 Å². The number of hydrogen-bond acceptors (Lipinski definition) is 5. The van der Waals surface area contributed by atoms with Gasteiger partial charge in [0.2, 0.25) is 5.88 Å². The minimum absolute atomic E-state index is 0.0904. The third-order valence-corrected chi connectivity index (χ3v) is 3.90. The number of amides is 1. The molecule has 128 valence electrons. The van der Waals surface area contributed by atoms with Crippen LogP contribution in [0.4, 0.5) is 0 Å². The predicted molar refractivity (Wildman–Crippen MR) is 88.8 cm³/mol. The molecule has 1 aromatic heterocycles. The summed E-state index contributed by atoms with van der Waals surface area (Å²) < 4.78 is 10.5. The van der Waals surface area contributed by atoms with Gasteiger partial charge in [-0.1, -0.05) is 6.42 Å². The van der Waals surface area contributed by atoms with Crippen molar-refractivity contribution in [2.45, 2.75) is 32.2 Å². The molecular formula is C17H27N3O3. The Bertz CT molecular complexity index is 490. The Balaban J connectivity index is 1.88. The summed E-state index contributed by atoms with van der Waals surface area (Å²) in [4.78, 5) is 19.0. The summed E-state index contributed by atoms with van der Waals surface area (Å²) in [5.74, 6) is 0.210. The van der Waals surface area contributed by atoms with E-state index in [0.717, 1.165) is 19.6 Å². The van der Waals surface area contributed by atoms with Crippen LogP contribution in [0.5, 0.6) is 5.88 Å². The molecule has 1 fully saturated rings. The van der Waals surface area contributed by atoms with Crippen molar-refractivity contribution >= 4 is 5.91 Å². The zero-order chi connectivity index (χ0) is 16.5. The number of carbonyl (C=O) groups is 1. The zero-order valence-electron chi connectivity index (χ0n) is 14.1. The molecule has 6 heteroatoms. The van der Waals surface area contributed by atoms with Gasteiger partial charge in [0.15, 0.2) is 0 Å². The maximum atomic E-state index is 12.5. The van der Waals surface area contributed by atoms with Crippen LogP contribution < -0.4 is 10.1 Å². The second-order valence-corrected chi connectivity index (χ2v) is 5.93. The second kappa shape index (κ2) is 9.47. The molecule has 1 aliphatic heterocycles. The number of nitrogens with one attached hydrogen (secondary N) is 1. The summed E-state index contributed by atoms with van der Waals surface area (Å²) in [5.41, 5.74) is 0.467. The van der Waals surface area contributed by atoms with Crippen LogP contribution in [0.25, 0.3) is 0 Å². The number of hydrogen-bond donors (Lipinski definition) is 1. The molecule has 0 saturated carbocycles. The minimum atomic E-state index is -0.143. The van der Waals surface area contributed by atoms with E-state index in [2.05, 4.69) is 15.2 Å². The highest BCUT2D eigenvalue weighted by Gasteiger charge is 2.18. The fourth-order valence-corrected chi connectivity index (χ4v) is 2.78. The van der Waals surface area contributed by atoms with E-state index in [9.17, 15) is 4.79 Å². The molecule has 1 saturated heterocycles. The van der Waals surface area contributed by atoms with Crippen molar-refractivity contribution < 1.29 is 14.3 Å². The Morgan fingerprint density at radius 2 is 2.13 bits per heavy atom. The number of carbonyl (C=O) groups excluding carboxylic acids is 1. The van der Waals surface area contributed by atoms with Gasteiger partial charge >= 0.3 is 0 Å². The smallest absolute Gasteiger partial charge is 0.257 e. The summed E-state index contributed by atoms with van der Waals surface area (Å²) >= 11 is 0. The minimum Gasteiger partial charge on any atom is -0.475 e. The van der Waals surface area contributed by atoms with E-state index in [0.29, 0.717) is 24.7 Å². The molecule has 1 aromatic rings. The Kier molecular flexibility index (Phi) is 7.29. The fourth-order valence-electron chi connectivity index (χ4n) is 2.78. The van der Waals surface area contributed by atoms with Crippen molar-refractivity contribution in [2.75, 3.05) is 40.0 Å². The van der Waals surface area contributed by atoms with Crippen LogP contribution in [0.3, 0.4) is 0 Å². The number of likely N-dealkylation sites (tertiary alicyclic amines) is 1. The third-order valence-electron chi connectivity index (χ3n) is 3.90. The van der Waals surface area contributed by atoms with Gasteiger partial charge < -0.3 is 19.7 Å². The first-order chi connectivity index (χ1) is 11.2. The molecule has 1 atom stereocenters. The number of aromatic nitrogens is 1. The Labute approximate surface area is 138 Å². The predicted octanol–water partition coefficient (Wildman–Crippen LogP) is 1.71. The molecule has 2 rings (SSSR count). The summed E-state index contributed by atoms with van der Waals surface area (Å²) in [6, 6.07) is 3.57. The zero-order valence-corrected chi connectivity index (χ0v) is 14.1. The molecule has 6 nitrogen and oxygen atoms in total. The lowest BCUT2D eigenvalue weighted by atomic mass is 10.1. The van der Waals surface area contributed by atoms with Crippen molar-refractivity contribution in [3.05, 3.63) is 23.9 Å². The maximum absolute atomic E-state index is 12.5. The molecule has 1 amide bonds. The average Bonchev–Trinajstić information content (AvgIpc) is 2.56. The lowest BCUT2D eigenvalue weighted by molar-refractivity contribution is 0.0916. The van der Waals surface area contributed by atoms with Crippen molar-refractivity contribution in [3.63, 3.8) is 0 Å². The van der Waals surface area contributed by atoms with E-state index in [-0.39, 0.29) is 11.9 Å². The monoisotopic (exact) mass is 321 g/mol. The van der Waals surface area contributed by atoms with E-state index < -0.39 is 0 Å². The highest BCUT2D eigenvalue weighted by molar-refractivity contribution is 5.96. The molecular weight excluding hydrogens is 294 g/mol. The van der Waals surface area contributed by atoms with Gasteiger partial charge in [-0.2, -0.15) is 0 Å². The summed E-state index contributed by atoms with van der Waals surface area (Å²) in [7, 11) is 1.61. The van der Waals surface area contributed by atoms with Crippen LogP contribution in [0, 0.1) is 0 Å². The fraction of sp³-hybridized carbons (Fsp3) is 0.647. The Morgan fingerprint density at radius 1 is 1.35 bits per heavy atom. The molecule has 0 spiro atoms. The SMILES string of the molecule is COCCOc1ncccc1C(=O)NC(C)CN1CCCCC1. The van der Waals surface area contributed by atoms with Crippen LogP contribution >= 0.6 is 0 Å². The number of piperidine rings is 1. The van der Waals surface area contributed by atoms with E-state index in [4.69, 9.17) is 9.47 Å². The highest BCUT2D eigenvalue weighted by atomic mass is 16.5. The summed E-state index contributed by atoms with van der Waals surface area (Å²) in [5, 5.41) is 3.04. The van der Waals surface area contributed by atoms with E-state index >= 15 is 0 Å². The van der Waals surface area contributed by atoms with Gasteiger partial charge in [0, 0.05) is 25.9 Å². The van der Waals surface area contributed by atoms with Crippen LogP contribution in [0.15, 0.2) is 18.3 Å². The lowest BCUT2D eigenvalue weighted by Gasteiger charge is -2.29. The molecule has 1 unspecified atom stereocenters. The topological polar surface area (TPSA) is 63.7 Å². The average molecular weight is 321 g/mol. The molecule has 0 radical (unpaired) electrons. The second-order valence-electron chi connectivity index (χ2n) is 5.93. The largest absolute Gasteiger partial charge is 0.475 e. The van der Waals surface area contributed by atoms with Crippen molar-refractivity contribution in [1.82, 2.24) is 15.2 Å². The molecule has 0 aliphatic carbocycles. The number of methoxy groups -OCH3 is 1. The van der Waals surface area contributed by atoms with Gasteiger partial charge in [0.25, 0.3) is 5.91 Å². The number of ether oxygens (including phenoxy) is 2. The van der Waals surface area contributed by atoms with E-state index in [1.165, 1.54) is 19.3 Å². The first-order valence-electron chi connectivity index (χ1n) is 8.30. The first kappa shape index (κ1) is 17.7. The molecule has 23 heavy (non-hydrogen) atoms. The number of rotatable bonds is 8. The van der Waals surface area contributed by atoms with Gasteiger partial charge in [0.1, 0.15) is 12.2 Å². The molecule has 0 bridgehead atoms. The third kappa shape index (κ3) is 5.80.